The van der Waals surface area contributed by atoms with E-state index in [1.165, 1.54) is 0 Å². The first-order chi connectivity index (χ1) is 8.56. The number of carbonyl (C=O) groups excluding carboxylic acids is 1. The Labute approximate surface area is 119 Å². The molecule has 2 N–H and O–H groups in total. The van der Waals surface area contributed by atoms with Crippen molar-refractivity contribution in [1.29, 1.82) is 0 Å². The summed E-state index contributed by atoms with van der Waals surface area (Å²) in [4.78, 5) is 22.8. The van der Waals surface area contributed by atoms with Crippen molar-refractivity contribution < 1.29 is 14.7 Å². The minimum absolute atomic E-state index is 0.0159. The van der Waals surface area contributed by atoms with Gasteiger partial charge in [-0.25, -0.2) is 0 Å². The van der Waals surface area contributed by atoms with E-state index in [2.05, 4.69) is 27.9 Å². The predicted molar refractivity (Wildman–Crippen MR) is 75.4 cm³/mol. The van der Waals surface area contributed by atoms with Crippen LogP contribution >= 0.6 is 22.6 Å². The molecule has 4 nitrogen and oxygen atoms in total. The van der Waals surface area contributed by atoms with Crippen LogP contribution in [-0.4, -0.2) is 23.0 Å². The van der Waals surface area contributed by atoms with Gasteiger partial charge in [-0.15, -0.1) is 0 Å². The van der Waals surface area contributed by atoms with E-state index in [4.69, 9.17) is 5.11 Å². The topological polar surface area (TPSA) is 66.4 Å². The fourth-order valence-corrected chi connectivity index (χ4v) is 2.57. The fraction of sp³-hybridized carbons (Fsp3) is 0.385. The lowest BCUT2D eigenvalue weighted by Gasteiger charge is -2.12. The molecule has 1 aromatic rings. The predicted octanol–water partition coefficient (Wildman–Crippen LogP) is 2.27. The number of benzene rings is 1. The van der Waals surface area contributed by atoms with Crippen LogP contribution in [0.25, 0.3) is 0 Å². The summed E-state index contributed by atoms with van der Waals surface area (Å²) in [5, 5.41) is 11.8. The molecule has 0 heterocycles. The zero-order valence-electron chi connectivity index (χ0n) is 9.73. The number of hydrogen-bond donors (Lipinski definition) is 2. The molecule has 1 aliphatic rings. The summed E-state index contributed by atoms with van der Waals surface area (Å²) in [5.41, 5.74) is 0.620. The highest BCUT2D eigenvalue weighted by molar-refractivity contribution is 14.1. The third-order valence-electron chi connectivity index (χ3n) is 3.22. The number of carbonyl (C=O) groups is 2. The number of nitrogens with one attached hydrogen (secondary N) is 1. The Hall–Kier alpha value is -1.11. The molecule has 5 heteroatoms. The standard InChI is InChI=1S/C13H14INO3/c14-10-4-1-8(2-5-10)12(16)15-11-6-3-9(7-11)13(17)18/h1-2,4-5,9,11H,3,6-7H2,(H,15,16)(H,17,18)/t9-,11+/m1/s1. The van der Waals surface area contributed by atoms with Crippen molar-refractivity contribution in [2.75, 3.05) is 0 Å². The first-order valence-electron chi connectivity index (χ1n) is 5.85. The maximum absolute atomic E-state index is 11.9. The van der Waals surface area contributed by atoms with Crippen molar-refractivity contribution in [3.63, 3.8) is 0 Å². The van der Waals surface area contributed by atoms with Gasteiger partial charge >= 0.3 is 5.97 Å². The quantitative estimate of drug-likeness (QED) is 0.814. The lowest BCUT2D eigenvalue weighted by molar-refractivity contribution is -0.141. The lowest BCUT2D eigenvalue weighted by atomic mass is 10.1. The maximum Gasteiger partial charge on any atom is 0.306 e. The minimum Gasteiger partial charge on any atom is -0.481 e. The van der Waals surface area contributed by atoms with Crippen LogP contribution in [0.2, 0.25) is 0 Å². The molecule has 1 aromatic carbocycles. The molecule has 0 bridgehead atoms. The van der Waals surface area contributed by atoms with Crippen LogP contribution in [0.3, 0.4) is 0 Å². The van der Waals surface area contributed by atoms with Gasteiger partial charge in [0.05, 0.1) is 5.92 Å². The van der Waals surface area contributed by atoms with Gasteiger partial charge < -0.3 is 10.4 Å². The van der Waals surface area contributed by atoms with E-state index < -0.39 is 5.97 Å². The van der Waals surface area contributed by atoms with Crippen molar-refractivity contribution in [2.24, 2.45) is 5.92 Å². The van der Waals surface area contributed by atoms with Crippen molar-refractivity contribution in [2.45, 2.75) is 25.3 Å². The molecule has 2 rings (SSSR count). The van der Waals surface area contributed by atoms with Gasteiger partial charge in [-0.05, 0) is 66.1 Å². The monoisotopic (exact) mass is 359 g/mol. The molecule has 0 aliphatic heterocycles. The summed E-state index contributed by atoms with van der Waals surface area (Å²) < 4.78 is 1.08. The van der Waals surface area contributed by atoms with Gasteiger partial charge in [0, 0.05) is 15.2 Å². The molecule has 1 saturated carbocycles. The minimum atomic E-state index is -0.763. The highest BCUT2D eigenvalue weighted by Crippen LogP contribution is 2.25. The molecule has 1 fully saturated rings. The Morgan fingerprint density at radius 1 is 1.22 bits per heavy atom. The number of carboxylic acid groups (broad SMARTS) is 1. The molecule has 18 heavy (non-hydrogen) atoms. The van der Waals surface area contributed by atoms with Gasteiger partial charge in [0.1, 0.15) is 0 Å². The van der Waals surface area contributed by atoms with Gasteiger partial charge in [0.25, 0.3) is 5.91 Å². The van der Waals surface area contributed by atoms with E-state index in [1.54, 1.807) is 12.1 Å². The highest BCUT2D eigenvalue weighted by Gasteiger charge is 2.30. The molecule has 0 saturated heterocycles. The number of hydrogen-bond acceptors (Lipinski definition) is 2. The second-order valence-electron chi connectivity index (χ2n) is 4.53. The molecule has 1 amide bonds. The second kappa shape index (κ2) is 5.69. The Morgan fingerprint density at radius 3 is 2.44 bits per heavy atom. The summed E-state index contributed by atoms with van der Waals surface area (Å²) in [6, 6.07) is 7.30. The van der Waals surface area contributed by atoms with Crippen molar-refractivity contribution in [3.8, 4) is 0 Å². The lowest BCUT2D eigenvalue weighted by Crippen LogP contribution is -2.33. The second-order valence-corrected chi connectivity index (χ2v) is 5.77. The zero-order chi connectivity index (χ0) is 13.1. The maximum atomic E-state index is 11.9. The average Bonchev–Trinajstić information content (AvgIpc) is 2.78. The highest BCUT2D eigenvalue weighted by atomic mass is 127. The Kier molecular flexibility index (Phi) is 4.21. The van der Waals surface area contributed by atoms with Crippen molar-refractivity contribution in [3.05, 3.63) is 33.4 Å². The van der Waals surface area contributed by atoms with Crippen molar-refractivity contribution >= 4 is 34.5 Å². The van der Waals surface area contributed by atoms with E-state index in [0.29, 0.717) is 18.4 Å². The molecule has 1 aliphatic carbocycles. The summed E-state index contributed by atoms with van der Waals surface area (Å²) in [7, 11) is 0. The normalized spacial score (nSPS) is 22.7. The van der Waals surface area contributed by atoms with Gasteiger partial charge in [0.15, 0.2) is 0 Å². The molecule has 96 valence electrons. The SMILES string of the molecule is O=C(N[C@H]1CC[C@@H](C(=O)O)C1)c1ccc(I)cc1. The first-order valence-corrected chi connectivity index (χ1v) is 6.93. The molecule has 0 aromatic heterocycles. The Morgan fingerprint density at radius 2 is 1.89 bits per heavy atom. The van der Waals surface area contributed by atoms with E-state index in [0.717, 1.165) is 9.99 Å². The third-order valence-corrected chi connectivity index (χ3v) is 3.94. The Balaban J connectivity index is 1.92. The van der Waals surface area contributed by atoms with Gasteiger partial charge in [0.2, 0.25) is 0 Å². The fourth-order valence-electron chi connectivity index (χ4n) is 2.21. The summed E-state index contributed by atoms with van der Waals surface area (Å²) >= 11 is 2.18. The zero-order valence-corrected chi connectivity index (χ0v) is 11.9. The smallest absolute Gasteiger partial charge is 0.306 e. The first kappa shape index (κ1) is 13.3. The number of carboxylic acids is 1. The van der Waals surface area contributed by atoms with Crippen LogP contribution < -0.4 is 5.32 Å². The Bertz CT molecular complexity index is 458. The third kappa shape index (κ3) is 3.22. The molecule has 2 atom stereocenters. The van der Waals surface area contributed by atoms with Crippen LogP contribution in [0, 0.1) is 9.49 Å². The van der Waals surface area contributed by atoms with E-state index in [-0.39, 0.29) is 17.9 Å². The number of halogens is 1. The molecular weight excluding hydrogens is 345 g/mol. The van der Waals surface area contributed by atoms with Crippen LogP contribution in [0.4, 0.5) is 0 Å². The number of amides is 1. The summed E-state index contributed by atoms with van der Waals surface area (Å²) in [6.45, 7) is 0. The van der Waals surface area contributed by atoms with Gasteiger partial charge in [-0.1, -0.05) is 0 Å². The molecular formula is C13H14INO3. The van der Waals surface area contributed by atoms with E-state index in [9.17, 15) is 9.59 Å². The van der Waals surface area contributed by atoms with Crippen LogP contribution in [0.5, 0.6) is 0 Å². The molecule has 0 unspecified atom stereocenters. The van der Waals surface area contributed by atoms with Crippen LogP contribution in [0.1, 0.15) is 29.6 Å². The van der Waals surface area contributed by atoms with Crippen LogP contribution in [0.15, 0.2) is 24.3 Å². The molecule has 0 radical (unpaired) electrons. The van der Waals surface area contributed by atoms with Gasteiger partial charge in [-0.2, -0.15) is 0 Å². The van der Waals surface area contributed by atoms with E-state index >= 15 is 0 Å². The summed E-state index contributed by atoms with van der Waals surface area (Å²) in [6.07, 6.45) is 1.92. The van der Waals surface area contributed by atoms with Crippen LogP contribution in [-0.2, 0) is 4.79 Å². The van der Waals surface area contributed by atoms with Crippen molar-refractivity contribution in [1.82, 2.24) is 5.32 Å². The largest absolute Gasteiger partial charge is 0.481 e. The molecule has 0 spiro atoms. The summed E-state index contributed by atoms with van der Waals surface area (Å²) in [5.74, 6) is -1.20. The van der Waals surface area contributed by atoms with Gasteiger partial charge in [-0.3, -0.25) is 9.59 Å². The number of aliphatic carboxylic acids is 1. The number of rotatable bonds is 3. The van der Waals surface area contributed by atoms with E-state index in [1.807, 2.05) is 12.1 Å². The average molecular weight is 359 g/mol.